The largest absolute Gasteiger partial charge is 0.416 e. The molecule has 0 aliphatic rings. The predicted molar refractivity (Wildman–Crippen MR) is 79.7 cm³/mol. The summed E-state index contributed by atoms with van der Waals surface area (Å²) < 4.78 is 38.6. The lowest BCUT2D eigenvalue weighted by Crippen LogP contribution is -2.53. The van der Waals surface area contributed by atoms with Gasteiger partial charge in [-0.3, -0.25) is 14.6 Å². The number of aromatic nitrogens is 1. The number of nitrogens with zero attached hydrogens (tertiary/aromatic N) is 1. The van der Waals surface area contributed by atoms with E-state index < -0.39 is 29.1 Å². The molecule has 2 aromatic rings. The number of carbonyl (C=O) groups excluding carboxylic acids is 2. The first-order valence-electron chi connectivity index (χ1n) is 6.86. The standard InChI is InChI=1S/C16H14F3N3O2/c1-15(14(20)24,22-13(23)12-7-2-3-8-21-12)10-5-4-6-11(9-10)16(17,18)19/h2-9H,1H3,(H2,20,24)(H,22,23)/t15-/m1/s1. The molecule has 1 aromatic heterocycles. The molecule has 1 aromatic carbocycles. The third kappa shape index (κ3) is 3.53. The smallest absolute Gasteiger partial charge is 0.367 e. The van der Waals surface area contributed by atoms with Crippen molar-refractivity contribution in [3.8, 4) is 0 Å². The Bertz CT molecular complexity index is 763. The molecule has 0 fully saturated rings. The minimum Gasteiger partial charge on any atom is -0.367 e. The molecule has 8 heteroatoms. The Labute approximate surface area is 135 Å². The average molecular weight is 337 g/mol. The topological polar surface area (TPSA) is 85.1 Å². The fraction of sp³-hybridized carbons (Fsp3) is 0.188. The summed E-state index contributed by atoms with van der Waals surface area (Å²) in [5.41, 5.74) is 2.50. The van der Waals surface area contributed by atoms with Crippen molar-refractivity contribution in [3.05, 3.63) is 65.5 Å². The molecule has 3 N–H and O–H groups in total. The third-order valence-corrected chi connectivity index (χ3v) is 3.52. The maximum atomic E-state index is 12.9. The number of nitrogens with one attached hydrogen (secondary N) is 1. The number of benzene rings is 1. The number of hydrogen-bond donors (Lipinski definition) is 2. The normalized spacial score (nSPS) is 13.8. The monoisotopic (exact) mass is 337 g/mol. The van der Waals surface area contributed by atoms with Crippen LogP contribution in [0.25, 0.3) is 0 Å². The zero-order chi connectivity index (χ0) is 18.0. The number of alkyl halides is 3. The number of halogens is 3. The zero-order valence-electron chi connectivity index (χ0n) is 12.6. The van der Waals surface area contributed by atoms with E-state index in [0.29, 0.717) is 0 Å². The van der Waals surface area contributed by atoms with E-state index in [1.807, 2.05) is 0 Å². The average Bonchev–Trinajstić information content (AvgIpc) is 2.54. The Morgan fingerprint density at radius 1 is 1.08 bits per heavy atom. The molecule has 5 nitrogen and oxygen atoms in total. The number of pyridine rings is 1. The molecule has 0 spiro atoms. The van der Waals surface area contributed by atoms with E-state index >= 15 is 0 Å². The lowest BCUT2D eigenvalue weighted by Gasteiger charge is -2.28. The van der Waals surface area contributed by atoms with Crippen molar-refractivity contribution in [1.82, 2.24) is 10.3 Å². The van der Waals surface area contributed by atoms with Crippen LogP contribution in [-0.4, -0.2) is 16.8 Å². The SMILES string of the molecule is C[C@](NC(=O)c1ccccn1)(C(N)=O)c1cccc(C(F)(F)F)c1. The maximum absolute atomic E-state index is 12.9. The van der Waals surface area contributed by atoms with E-state index in [4.69, 9.17) is 5.73 Å². The van der Waals surface area contributed by atoms with Gasteiger partial charge in [0.1, 0.15) is 11.2 Å². The van der Waals surface area contributed by atoms with E-state index in [9.17, 15) is 22.8 Å². The van der Waals surface area contributed by atoms with Gasteiger partial charge in [-0.15, -0.1) is 0 Å². The first-order valence-corrected chi connectivity index (χ1v) is 6.86. The fourth-order valence-electron chi connectivity index (χ4n) is 2.07. The second-order valence-corrected chi connectivity index (χ2v) is 5.24. The Hall–Kier alpha value is -2.90. The highest BCUT2D eigenvalue weighted by Crippen LogP contribution is 2.32. The van der Waals surface area contributed by atoms with Crippen LogP contribution >= 0.6 is 0 Å². The molecule has 0 aliphatic heterocycles. The number of hydrogen-bond acceptors (Lipinski definition) is 3. The summed E-state index contributed by atoms with van der Waals surface area (Å²) in [6, 6.07) is 8.65. The van der Waals surface area contributed by atoms with Crippen LogP contribution in [-0.2, 0) is 16.5 Å². The molecule has 2 rings (SSSR count). The lowest BCUT2D eigenvalue weighted by atomic mass is 9.89. The van der Waals surface area contributed by atoms with Crippen molar-refractivity contribution in [1.29, 1.82) is 0 Å². The van der Waals surface area contributed by atoms with Gasteiger partial charge in [0, 0.05) is 6.20 Å². The summed E-state index contributed by atoms with van der Waals surface area (Å²) >= 11 is 0. The predicted octanol–water partition coefficient (Wildman–Crippen LogP) is 2.23. The van der Waals surface area contributed by atoms with Gasteiger partial charge in [-0.2, -0.15) is 13.2 Å². The molecule has 0 radical (unpaired) electrons. The maximum Gasteiger partial charge on any atom is 0.416 e. The van der Waals surface area contributed by atoms with Gasteiger partial charge < -0.3 is 11.1 Å². The molecule has 0 bridgehead atoms. The quantitative estimate of drug-likeness (QED) is 0.897. The molecule has 0 saturated heterocycles. The van der Waals surface area contributed by atoms with Gasteiger partial charge in [0.25, 0.3) is 5.91 Å². The molecule has 1 atom stereocenters. The Balaban J connectivity index is 2.41. The number of rotatable bonds is 4. The van der Waals surface area contributed by atoms with Gasteiger partial charge >= 0.3 is 6.18 Å². The van der Waals surface area contributed by atoms with Gasteiger partial charge in [0.15, 0.2) is 0 Å². The highest BCUT2D eigenvalue weighted by Gasteiger charge is 2.38. The highest BCUT2D eigenvalue weighted by molar-refractivity contribution is 5.97. The van der Waals surface area contributed by atoms with Gasteiger partial charge in [0.05, 0.1) is 5.56 Å². The fourth-order valence-corrected chi connectivity index (χ4v) is 2.07. The number of amides is 2. The summed E-state index contributed by atoms with van der Waals surface area (Å²) in [5, 5.41) is 2.36. The van der Waals surface area contributed by atoms with Gasteiger partial charge in [-0.05, 0) is 36.8 Å². The summed E-state index contributed by atoms with van der Waals surface area (Å²) in [5.74, 6) is -1.72. The van der Waals surface area contributed by atoms with Crippen LogP contribution in [0.2, 0.25) is 0 Å². The van der Waals surface area contributed by atoms with E-state index in [2.05, 4.69) is 10.3 Å². The second kappa shape index (κ2) is 6.31. The van der Waals surface area contributed by atoms with Crippen molar-refractivity contribution >= 4 is 11.8 Å². The van der Waals surface area contributed by atoms with Crippen LogP contribution < -0.4 is 11.1 Å². The molecule has 0 unspecified atom stereocenters. The van der Waals surface area contributed by atoms with Crippen molar-refractivity contribution in [2.45, 2.75) is 18.6 Å². The van der Waals surface area contributed by atoms with E-state index in [1.165, 1.54) is 25.3 Å². The third-order valence-electron chi connectivity index (χ3n) is 3.52. The summed E-state index contributed by atoms with van der Waals surface area (Å²) in [4.78, 5) is 27.9. The van der Waals surface area contributed by atoms with Crippen LogP contribution in [0.3, 0.4) is 0 Å². The molecule has 126 valence electrons. The Morgan fingerprint density at radius 3 is 2.29 bits per heavy atom. The molecule has 24 heavy (non-hydrogen) atoms. The van der Waals surface area contributed by atoms with Crippen LogP contribution in [0.1, 0.15) is 28.5 Å². The molecular weight excluding hydrogens is 323 g/mol. The minimum absolute atomic E-state index is 0.0111. The molecule has 0 aliphatic carbocycles. The first kappa shape index (κ1) is 17.5. The van der Waals surface area contributed by atoms with Crippen molar-refractivity contribution in [3.63, 3.8) is 0 Å². The minimum atomic E-state index is -4.58. The number of primary amides is 1. The molecule has 0 saturated carbocycles. The number of nitrogens with two attached hydrogens (primary N) is 1. The zero-order valence-corrected chi connectivity index (χ0v) is 12.6. The van der Waals surface area contributed by atoms with Crippen LogP contribution in [0, 0.1) is 0 Å². The summed E-state index contributed by atoms with van der Waals surface area (Å²) in [7, 11) is 0. The van der Waals surface area contributed by atoms with E-state index in [1.54, 1.807) is 12.1 Å². The summed E-state index contributed by atoms with van der Waals surface area (Å²) in [6.45, 7) is 1.24. The van der Waals surface area contributed by atoms with Crippen LogP contribution in [0.5, 0.6) is 0 Å². The van der Waals surface area contributed by atoms with E-state index in [-0.39, 0.29) is 11.3 Å². The van der Waals surface area contributed by atoms with Gasteiger partial charge in [-0.1, -0.05) is 18.2 Å². The lowest BCUT2D eigenvalue weighted by molar-refractivity contribution is -0.137. The summed E-state index contributed by atoms with van der Waals surface area (Å²) in [6.07, 6.45) is -3.21. The van der Waals surface area contributed by atoms with Crippen molar-refractivity contribution < 1.29 is 22.8 Å². The molecule has 2 amide bonds. The first-order chi connectivity index (χ1) is 11.1. The highest BCUT2D eigenvalue weighted by atomic mass is 19.4. The number of carbonyl (C=O) groups is 2. The van der Waals surface area contributed by atoms with E-state index in [0.717, 1.165) is 18.2 Å². The second-order valence-electron chi connectivity index (χ2n) is 5.24. The van der Waals surface area contributed by atoms with Crippen LogP contribution in [0.15, 0.2) is 48.7 Å². The van der Waals surface area contributed by atoms with Crippen LogP contribution in [0.4, 0.5) is 13.2 Å². The van der Waals surface area contributed by atoms with Gasteiger partial charge in [-0.25, -0.2) is 0 Å². The van der Waals surface area contributed by atoms with Crippen molar-refractivity contribution in [2.75, 3.05) is 0 Å². The Kier molecular flexibility index (Phi) is 4.59. The Morgan fingerprint density at radius 2 is 1.75 bits per heavy atom. The van der Waals surface area contributed by atoms with Crippen molar-refractivity contribution in [2.24, 2.45) is 5.73 Å². The van der Waals surface area contributed by atoms with Gasteiger partial charge in [0.2, 0.25) is 5.91 Å². The molecular formula is C16H14F3N3O2. The molecule has 1 heterocycles.